The van der Waals surface area contributed by atoms with Crippen LogP contribution in [0.25, 0.3) is 0 Å². The van der Waals surface area contributed by atoms with Gasteiger partial charge in [-0.05, 0) is 42.8 Å². The molecule has 1 heterocycles. The van der Waals surface area contributed by atoms with Crippen LogP contribution in [0.3, 0.4) is 0 Å². The van der Waals surface area contributed by atoms with Crippen LogP contribution in [0.15, 0.2) is 42.6 Å². The van der Waals surface area contributed by atoms with Crippen molar-refractivity contribution in [2.75, 3.05) is 23.4 Å². The number of hydrogen-bond acceptors (Lipinski definition) is 5. The summed E-state index contributed by atoms with van der Waals surface area (Å²) in [5.74, 6) is 0.0429. The highest BCUT2D eigenvalue weighted by molar-refractivity contribution is 8.00. The number of nitrogens with zero attached hydrogens (tertiary/aromatic N) is 1. The van der Waals surface area contributed by atoms with Gasteiger partial charge in [-0.1, -0.05) is 0 Å². The van der Waals surface area contributed by atoms with E-state index in [4.69, 9.17) is 4.74 Å². The van der Waals surface area contributed by atoms with Gasteiger partial charge in [-0.25, -0.2) is 9.37 Å². The van der Waals surface area contributed by atoms with Gasteiger partial charge in [0.2, 0.25) is 17.7 Å². The molecule has 0 spiro atoms. The third-order valence-electron chi connectivity index (χ3n) is 3.18. The Morgan fingerprint density at radius 1 is 1.15 bits per heavy atom. The van der Waals surface area contributed by atoms with E-state index in [2.05, 4.69) is 15.6 Å². The summed E-state index contributed by atoms with van der Waals surface area (Å²) in [6.45, 7) is 2.77. The predicted octanol–water partition coefficient (Wildman–Crippen LogP) is 2.61. The van der Waals surface area contributed by atoms with Crippen LogP contribution in [-0.2, 0) is 16.1 Å². The number of amides is 2. The number of nitrogens with one attached hydrogen (secondary N) is 2. The fourth-order valence-electron chi connectivity index (χ4n) is 2.01. The van der Waals surface area contributed by atoms with Gasteiger partial charge in [-0.3, -0.25) is 9.59 Å². The molecule has 1 aromatic carbocycles. The smallest absolute Gasteiger partial charge is 0.234 e. The van der Waals surface area contributed by atoms with Gasteiger partial charge in [0.1, 0.15) is 5.82 Å². The maximum Gasteiger partial charge on any atom is 0.234 e. The average Bonchev–Trinajstić information content (AvgIpc) is 2.63. The van der Waals surface area contributed by atoms with Crippen LogP contribution >= 0.6 is 11.8 Å². The molecule has 2 amide bonds. The second kappa shape index (κ2) is 10.4. The fourth-order valence-corrected chi connectivity index (χ4v) is 2.65. The molecule has 0 saturated carbocycles. The lowest BCUT2D eigenvalue weighted by molar-refractivity contribution is -0.118. The number of halogens is 1. The van der Waals surface area contributed by atoms with E-state index in [1.807, 2.05) is 6.92 Å². The zero-order chi connectivity index (χ0) is 18.8. The summed E-state index contributed by atoms with van der Waals surface area (Å²) in [7, 11) is 0. The number of carbonyl (C=O) groups excluding carboxylic acids is 2. The van der Waals surface area contributed by atoms with Crippen LogP contribution in [0.2, 0.25) is 0 Å². The lowest BCUT2D eigenvalue weighted by atomic mass is 10.2. The monoisotopic (exact) mass is 377 g/mol. The molecule has 1 aromatic heterocycles. The van der Waals surface area contributed by atoms with Gasteiger partial charge in [-0.15, -0.1) is 11.8 Å². The molecule has 0 unspecified atom stereocenters. The first-order chi connectivity index (χ1) is 12.6. The highest BCUT2D eigenvalue weighted by Gasteiger charge is 2.07. The fraction of sp³-hybridized carbons (Fsp3) is 0.278. The first kappa shape index (κ1) is 19.7. The number of carbonyl (C=O) groups is 2. The first-order valence-electron chi connectivity index (χ1n) is 8.04. The van der Waals surface area contributed by atoms with E-state index in [9.17, 15) is 14.0 Å². The van der Waals surface area contributed by atoms with E-state index < -0.39 is 0 Å². The number of pyridine rings is 1. The van der Waals surface area contributed by atoms with Crippen molar-refractivity contribution < 1.29 is 18.7 Å². The molecular formula is C18H20FN3O3S. The highest BCUT2D eigenvalue weighted by Crippen LogP contribution is 2.10. The summed E-state index contributed by atoms with van der Waals surface area (Å²) < 4.78 is 18.1. The molecule has 0 atom stereocenters. The highest BCUT2D eigenvalue weighted by atomic mass is 32.2. The maximum absolute atomic E-state index is 12.8. The van der Waals surface area contributed by atoms with Crippen LogP contribution in [0, 0.1) is 5.82 Å². The number of hydrogen-bond donors (Lipinski definition) is 2. The lowest BCUT2D eigenvalue weighted by Gasteiger charge is -2.07. The third kappa shape index (κ3) is 7.10. The molecule has 8 heteroatoms. The van der Waals surface area contributed by atoms with Gasteiger partial charge >= 0.3 is 0 Å². The van der Waals surface area contributed by atoms with Gasteiger partial charge in [0.15, 0.2) is 0 Å². The lowest BCUT2D eigenvalue weighted by Crippen LogP contribution is -2.25. The summed E-state index contributed by atoms with van der Waals surface area (Å²) in [5, 5.41) is 5.42. The molecule has 0 aliphatic rings. The van der Waals surface area contributed by atoms with Gasteiger partial charge in [0, 0.05) is 24.5 Å². The minimum absolute atomic E-state index is 0.133. The van der Waals surface area contributed by atoms with Crippen molar-refractivity contribution in [3.05, 3.63) is 54.0 Å². The Hall–Kier alpha value is -2.61. The molecule has 2 rings (SSSR count). The van der Waals surface area contributed by atoms with E-state index >= 15 is 0 Å². The molecule has 0 bridgehead atoms. The number of aromatic nitrogens is 1. The maximum atomic E-state index is 12.8. The van der Waals surface area contributed by atoms with Crippen LogP contribution < -0.4 is 15.4 Å². The van der Waals surface area contributed by atoms with E-state index in [0.29, 0.717) is 24.7 Å². The van der Waals surface area contributed by atoms with Crippen molar-refractivity contribution in [2.45, 2.75) is 13.5 Å². The molecule has 26 heavy (non-hydrogen) atoms. The van der Waals surface area contributed by atoms with Crippen molar-refractivity contribution in [2.24, 2.45) is 0 Å². The quantitative estimate of drug-likeness (QED) is 0.702. The van der Waals surface area contributed by atoms with Gasteiger partial charge in [0.05, 0.1) is 18.1 Å². The Bertz CT molecular complexity index is 741. The minimum Gasteiger partial charge on any atom is -0.478 e. The van der Waals surface area contributed by atoms with Crippen molar-refractivity contribution >= 4 is 29.3 Å². The molecule has 0 fully saturated rings. The van der Waals surface area contributed by atoms with Crippen LogP contribution in [0.1, 0.15) is 12.5 Å². The molecule has 6 nitrogen and oxygen atoms in total. The van der Waals surface area contributed by atoms with Crippen molar-refractivity contribution in [3.8, 4) is 5.88 Å². The van der Waals surface area contributed by atoms with E-state index in [-0.39, 0.29) is 29.1 Å². The van der Waals surface area contributed by atoms with Crippen molar-refractivity contribution in [3.63, 3.8) is 0 Å². The summed E-state index contributed by atoms with van der Waals surface area (Å²) in [6.07, 6.45) is 1.63. The van der Waals surface area contributed by atoms with Crippen LogP contribution in [0.4, 0.5) is 10.1 Å². The predicted molar refractivity (Wildman–Crippen MR) is 99.6 cm³/mol. The standard InChI is InChI=1S/C18H20FN3O3S/c1-2-25-18-9-13(7-8-20-18)10-21-16(23)11-26-12-17(24)22-15-5-3-14(19)4-6-15/h3-9H,2,10-12H2,1H3,(H,21,23)(H,22,24). The van der Waals surface area contributed by atoms with E-state index in [0.717, 1.165) is 5.56 Å². The number of benzene rings is 1. The normalized spacial score (nSPS) is 10.2. The minimum atomic E-state index is -0.364. The molecule has 2 N–H and O–H groups in total. The Kier molecular flexibility index (Phi) is 7.88. The van der Waals surface area contributed by atoms with Gasteiger partial charge in [0.25, 0.3) is 0 Å². The molecule has 138 valence electrons. The van der Waals surface area contributed by atoms with E-state index in [1.165, 1.54) is 36.0 Å². The Morgan fingerprint density at radius 3 is 2.62 bits per heavy atom. The Balaban J connectivity index is 1.66. The van der Waals surface area contributed by atoms with Crippen molar-refractivity contribution in [1.29, 1.82) is 0 Å². The van der Waals surface area contributed by atoms with Crippen LogP contribution in [-0.4, -0.2) is 34.9 Å². The summed E-state index contributed by atoms with van der Waals surface area (Å²) in [4.78, 5) is 27.7. The summed E-state index contributed by atoms with van der Waals surface area (Å²) in [6, 6.07) is 9.07. The Labute approximate surface area is 155 Å². The molecule has 2 aromatic rings. The van der Waals surface area contributed by atoms with E-state index in [1.54, 1.807) is 18.3 Å². The molecule has 0 saturated heterocycles. The number of anilines is 1. The van der Waals surface area contributed by atoms with Crippen LogP contribution in [0.5, 0.6) is 5.88 Å². The first-order valence-corrected chi connectivity index (χ1v) is 9.20. The zero-order valence-electron chi connectivity index (χ0n) is 14.3. The second-order valence-electron chi connectivity index (χ2n) is 5.26. The third-order valence-corrected chi connectivity index (χ3v) is 4.11. The van der Waals surface area contributed by atoms with Gasteiger partial charge in [-0.2, -0.15) is 0 Å². The van der Waals surface area contributed by atoms with Crippen molar-refractivity contribution in [1.82, 2.24) is 10.3 Å². The average molecular weight is 377 g/mol. The second-order valence-corrected chi connectivity index (χ2v) is 6.25. The van der Waals surface area contributed by atoms with Gasteiger partial charge < -0.3 is 15.4 Å². The molecular weight excluding hydrogens is 357 g/mol. The molecule has 0 aliphatic heterocycles. The largest absolute Gasteiger partial charge is 0.478 e. The number of rotatable bonds is 9. The zero-order valence-corrected chi connectivity index (χ0v) is 15.1. The summed E-state index contributed by atoms with van der Waals surface area (Å²) in [5.41, 5.74) is 1.40. The SMILES string of the molecule is CCOc1cc(CNC(=O)CSCC(=O)Nc2ccc(F)cc2)ccn1. The molecule has 0 aliphatic carbocycles. The topological polar surface area (TPSA) is 80.3 Å². The number of thioether (sulfide) groups is 1. The summed E-state index contributed by atoms with van der Waals surface area (Å²) >= 11 is 1.20. The molecule has 0 radical (unpaired) electrons. The number of ether oxygens (including phenoxy) is 1. The Morgan fingerprint density at radius 2 is 1.88 bits per heavy atom.